The van der Waals surface area contributed by atoms with E-state index >= 15 is 0 Å². The predicted octanol–water partition coefficient (Wildman–Crippen LogP) is 3.66. The van der Waals surface area contributed by atoms with Crippen LogP contribution in [-0.2, 0) is 9.53 Å². The molecule has 8 nitrogen and oxygen atoms in total. The van der Waals surface area contributed by atoms with Gasteiger partial charge in [-0.05, 0) is 36.8 Å². The highest BCUT2D eigenvalue weighted by atomic mass is 32.1. The summed E-state index contributed by atoms with van der Waals surface area (Å²) >= 11 is 1.18. The standard InChI is InChI=1S/C30H26N2O6S/c1-4-38-29(35)24-25(18-9-6-5-7-10-18)31-30-32(26(24)19-13-15-21(36-2)16-14-19)28(34)23(39-30)17-20-11-8-12-22(37-3)27(20)33/h5-17,26,33H,4H2,1-3H3/b23-17-/t26-/m1/s1. The van der Waals surface area contributed by atoms with Gasteiger partial charge >= 0.3 is 5.97 Å². The Morgan fingerprint density at radius 1 is 1.03 bits per heavy atom. The Labute approximate surface area is 228 Å². The smallest absolute Gasteiger partial charge is 0.338 e. The van der Waals surface area contributed by atoms with E-state index in [2.05, 4.69) is 0 Å². The number of benzene rings is 3. The maximum Gasteiger partial charge on any atom is 0.338 e. The van der Waals surface area contributed by atoms with E-state index in [9.17, 15) is 14.7 Å². The number of ether oxygens (including phenoxy) is 3. The number of phenolic OH excluding ortho intramolecular Hbond substituents is 1. The number of carbonyl (C=O) groups excluding carboxylic acids is 1. The molecule has 0 radical (unpaired) electrons. The summed E-state index contributed by atoms with van der Waals surface area (Å²) in [6, 6.07) is 20.8. The van der Waals surface area contributed by atoms with Gasteiger partial charge in [0, 0.05) is 11.1 Å². The molecule has 0 fully saturated rings. The summed E-state index contributed by atoms with van der Waals surface area (Å²) < 4.78 is 17.9. The minimum atomic E-state index is -0.803. The maximum atomic E-state index is 13.9. The number of aromatic nitrogens is 1. The van der Waals surface area contributed by atoms with Crippen LogP contribution in [0.1, 0.15) is 29.7 Å². The van der Waals surface area contributed by atoms with E-state index in [4.69, 9.17) is 19.2 Å². The topological polar surface area (TPSA) is 99.4 Å². The molecule has 3 aromatic carbocycles. The van der Waals surface area contributed by atoms with Crippen LogP contribution in [-0.4, -0.2) is 36.5 Å². The first-order valence-corrected chi connectivity index (χ1v) is 13.1. The number of aromatic hydroxyl groups is 1. The first kappa shape index (κ1) is 26.0. The number of thiazole rings is 1. The van der Waals surface area contributed by atoms with Gasteiger partial charge in [-0.25, -0.2) is 9.79 Å². The highest BCUT2D eigenvalue weighted by molar-refractivity contribution is 7.07. The van der Waals surface area contributed by atoms with Gasteiger partial charge in [-0.1, -0.05) is 65.9 Å². The number of para-hydroxylation sites is 1. The molecule has 1 aliphatic heterocycles. The van der Waals surface area contributed by atoms with E-state index in [1.165, 1.54) is 23.0 Å². The first-order valence-electron chi connectivity index (χ1n) is 12.2. The summed E-state index contributed by atoms with van der Waals surface area (Å²) in [4.78, 5) is 32.7. The molecule has 0 unspecified atom stereocenters. The molecule has 5 rings (SSSR count). The lowest BCUT2D eigenvalue weighted by atomic mass is 9.93. The van der Waals surface area contributed by atoms with E-state index in [0.29, 0.717) is 37.7 Å². The maximum absolute atomic E-state index is 13.9. The van der Waals surface area contributed by atoms with Crippen molar-refractivity contribution in [1.29, 1.82) is 0 Å². The minimum absolute atomic E-state index is 0.0743. The minimum Gasteiger partial charge on any atom is -0.504 e. The van der Waals surface area contributed by atoms with Gasteiger partial charge in [0.2, 0.25) is 0 Å². The van der Waals surface area contributed by atoms with Crippen molar-refractivity contribution in [3.05, 3.63) is 115 Å². The molecule has 0 spiro atoms. The van der Waals surface area contributed by atoms with Gasteiger partial charge in [-0.3, -0.25) is 9.36 Å². The van der Waals surface area contributed by atoms with Gasteiger partial charge < -0.3 is 19.3 Å². The first-order chi connectivity index (χ1) is 19.0. The van der Waals surface area contributed by atoms with E-state index in [0.717, 1.165) is 5.56 Å². The van der Waals surface area contributed by atoms with Crippen molar-refractivity contribution >= 4 is 29.1 Å². The largest absolute Gasteiger partial charge is 0.504 e. The van der Waals surface area contributed by atoms with E-state index < -0.39 is 12.0 Å². The third-order valence-corrected chi connectivity index (χ3v) is 7.32. The Morgan fingerprint density at radius 3 is 2.44 bits per heavy atom. The fraction of sp³-hybridized carbons (Fsp3) is 0.167. The molecule has 39 heavy (non-hydrogen) atoms. The highest BCUT2D eigenvalue weighted by Crippen LogP contribution is 2.36. The average molecular weight is 543 g/mol. The van der Waals surface area contributed by atoms with Crippen molar-refractivity contribution < 1.29 is 24.1 Å². The molecule has 9 heteroatoms. The second-order valence-electron chi connectivity index (χ2n) is 8.60. The molecular weight excluding hydrogens is 516 g/mol. The number of fused-ring (bicyclic) bond motifs is 1. The molecule has 0 bridgehead atoms. The summed E-state index contributed by atoms with van der Waals surface area (Å²) in [5.74, 6) is 0.309. The highest BCUT2D eigenvalue weighted by Gasteiger charge is 2.35. The molecule has 2 heterocycles. The van der Waals surface area contributed by atoms with Crippen molar-refractivity contribution in [1.82, 2.24) is 4.57 Å². The second kappa shape index (κ2) is 11.0. The number of nitrogens with zero attached hydrogens (tertiary/aromatic N) is 2. The lowest BCUT2D eigenvalue weighted by molar-refractivity contribution is -0.138. The molecule has 4 aromatic rings. The summed E-state index contributed by atoms with van der Waals surface area (Å²) in [6.45, 7) is 1.90. The van der Waals surface area contributed by atoms with Gasteiger partial charge in [-0.2, -0.15) is 0 Å². The summed E-state index contributed by atoms with van der Waals surface area (Å²) in [7, 11) is 3.03. The third-order valence-electron chi connectivity index (χ3n) is 6.34. The SMILES string of the molecule is CCOC(=O)C1=C(c2ccccc2)N=c2s/c(=C\c3cccc(OC)c3O)c(=O)n2[C@@H]1c1ccc(OC)cc1. The summed E-state index contributed by atoms with van der Waals surface area (Å²) in [5, 5.41) is 10.6. The molecule has 0 saturated carbocycles. The molecule has 1 atom stereocenters. The number of esters is 1. The van der Waals surface area contributed by atoms with Crippen LogP contribution >= 0.6 is 11.3 Å². The van der Waals surface area contributed by atoms with Crippen molar-refractivity contribution in [2.75, 3.05) is 20.8 Å². The molecule has 1 aliphatic rings. The Balaban J connectivity index is 1.82. The third kappa shape index (κ3) is 4.84. The van der Waals surface area contributed by atoms with Crippen molar-refractivity contribution in [2.45, 2.75) is 13.0 Å². The van der Waals surface area contributed by atoms with Crippen LogP contribution in [0.15, 0.2) is 88.2 Å². The molecule has 0 amide bonds. The van der Waals surface area contributed by atoms with Crippen molar-refractivity contribution in [2.24, 2.45) is 4.99 Å². The fourth-order valence-electron chi connectivity index (χ4n) is 4.50. The lowest BCUT2D eigenvalue weighted by Crippen LogP contribution is -2.40. The number of phenols is 1. The van der Waals surface area contributed by atoms with Crippen LogP contribution in [0.25, 0.3) is 11.8 Å². The normalized spacial score (nSPS) is 14.9. The molecular formula is C30H26N2O6S. The number of hydrogen-bond acceptors (Lipinski definition) is 8. The number of hydrogen-bond donors (Lipinski definition) is 1. The van der Waals surface area contributed by atoms with Crippen LogP contribution in [0.4, 0.5) is 0 Å². The predicted molar refractivity (Wildman–Crippen MR) is 149 cm³/mol. The van der Waals surface area contributed by atoms with E-state index in [-0.39, 0.29) is 23.5 Å². The van der Waals surface area contributed by atoms with Gasteiger partial charge in [0.05, 0.1) is 42.7 Å². The number of rotatable bonds is 7. The average Bonchev–Trinajstić information content (AvgIpc) is 3.28. The zero-order chi connectivity index (χ0) is 27.5. The van der Waals surface area contributed by atoms with E-state index in [1.54, 1.807) is 50.4 Å². The summed E-state index contributed by atoms with van der Waals surface area (Å²) in [6.07, 6.45) is 1.60. The zero-order valence-electron chi connectivity index (χ0n) is 21.6. The molecule has 0 aliphatic carbocycles. The van der Waals surface area contributed by atoms with Crippen LogP contribution in [0, 0.1) is 0 Å². The van der Waals surface area contributed by atoms with Crippen LogP contribution in [0.3, 0.4) is 0 Å². The van der Waals surface area contributed by atoms with Gasteiger partial charge in [0.1, 0.15) is 5.75 Å². The molecule has 1 aromatic heterocycles. The number of methoxy groups -OCH3 is 2. The number of carbonyl (C=O) groups is 1. The van der Waals surface area contributed by atoms with Crippen LogP contribution < -0.4 is 24.4 Å². The second-order valence-corrected chi connectivity index (χ2v) is 9.61. The Morgan fingerprint density at radius 2 is 1.77 bits per heavy atom. The van der Waals surface area contributed by atoms with Crippen LogP contribution in [0.2, 0.25) is 0 Å². The summed E-state index contributed by atoms with van der Waals surface area (Å²) in [5.41, 5.74) is 2.19. The molecule has 1 N–H and O–H groups in total. The zero-order valence-corrected chi connectivity index (χ0v) is 22.4. The monoisotopic (exact) mass is 542 g/mol. The molecule has 0 saturated heterocycles. The molecule has 198 valence electrons. The Kier molecular flexibility index (Phi) is 7.33. The van der Waals surface area contributed by atoms with Gasteiger partial charge in [0.15, 0.2) is 16.3 Å². The fourth-order valence-corrected chi connectivity index (χ4v) is 5.50. The quantitative estimate of drug-likeness (QED) is 0.358. The van der Waals surface area contributed by atoms with Crippen LogP contribution in [0.5, 0.6) is 17.2 Å². The van der Waals surface area contributed by atoms with Gasteiger partial charge in [0.25, 0.3) is 5.56 Å². The van der Waals surface area contributed by atoms with E-state index in [1.807, 2.05) is 42.5 Å². The van der Waals surface area contributed by atoms with Gasteiger partial charge in [-0.15, -0.1) is 0 Å². The lowest BCUT2D eigenvalue weighted by Gasteiger charge is -2.26. The van der Waals surface area contributed by atoms with Crippen molar-refractivity contribution in [3.63, 3.8) is 0 Å². The Bertz CT molecular complexity index is 1740. The van der Waals surface area contributed by atoms with Crippen molar-refractivity contribution in [3.8, 4) is 17.2 Å². The Hall–Kier alpha value is -4.63.